The van der Waals surface area contributed by atoms with Crippen LogP contribution in [0.15, 0.2) is 30.3 Å². The first kappa shape index (κ1) is 14.5. The molecule has 0 amide bonds. The van der Waals surface area contributed by atoms with E-state index in [2.05, 4.69) is 0 Å². The summed E-state index contributed by atoms with van der Waals surface area (Å²) in [5.74, 6) is -3.05. The van der Waals surface area contributed by atoms with E-state index in [4.69, 9.17) is 9.84 Å². The third-order valence-corrected chi connectivity index (χ3v) is 3.55. The first-order chi connectivity index (χ1) is 10.9. The lowest BCUT2D eigenvalue weighted by Crippen LogP contribution is -2.09. The van der Waals surface area contributed by atoms with Gasteiger partial charge in [-0.3, -0.25) is 9.59 Å². The molecule has 0 spiro atoms. The van der Waals surface area contributed by atoms with Crippen LogP contribution < -0.4 is 4.74 Å². The lowest BCUT2D eigenvalue weighted by molar-refractivity contribution is -0.120. The van der Waals surface area contributed by atoms with Crippen LogP contribution in [-0.4, -0.2) is 34.4 Å². The van der Waals surface area contributed by atoms with Crippen molar-refractivity contribution in [3.8, 4) is 16.9 Å². The molecule has 0 heterocycles. The number of fused-ring (bicyclic) bond motifs is 3. The molecule has 0 unspecified atom stereocenters. The van der Waals surface area contributed by atoms with Crippen LogP contribution in [0.2, 0.25) is 0 Å². The van der Waals surface area contributed by atoms with Gasteiger partial charge in [-0.15, -0.1) is 0 Å². The molecular formula is C16H8O7. The van der Waals surface area contributed by atoms with E-state index in [1.807, 2.05) is 0 Å². The Morgan fingerprint density at radius 1 is 0.957 bits per heavy atom. The maximum atomic E-state index is 12.4. The van der Waals surface area contributed by atoms with Gasteiger partial charge in [0.1, 0.15) is 5.75 Å². The smallest absolute Gasteiger partial charge is 0.336 e. The minimum atomic E-state index is -1.39. The molecule has 0 radical (unpaired) electrons. The van der Waals surface area contributed by atoms with Gasteiger partial charge < -0.3 is 14.9 Å². The highest BCUT2D eigenvalue weighted by Gasteiger charge is 2.33. The maximum absolute atomic E-state index is 12.4. The minimum Gasteiger partial charge on any atom is -0.478 e. The highest BCUT2D eigenvalue weighted by atomic mass is 16.5. The van der Waals surface area contributed by atoms with Crippen molar-refractivity contribution in [2.24, 2.45) is 0 Å². The monoisotopic (exact) mass is 312 g/mol. The summed E-state index contributed by atoms with van der Waals surface area (Å²) in [6, 6.07) is 6.39. The number of benzene rings is 2. The van der Waals surface area contributed by atoms with Gasteiger partial charge in [0.05, 0.1) is 11.1 Å². The summed E-state index contributed by atoms with van der Waals surface area (Å²) >= 11 is 0. The molecule has 23 heavy (non-hydrogen) atoms. The molecule has 0 bridgehead atoms. The highest BCUT2D eigenvalue weighted by molar-refractivity contribution is 6.25. The number of rotatable bonds is 4. The zero-order valence-electron chi connectivity index (χ0n) is 11.4. The predicted molar refractivity (Wildman–Crippen MR) is 75.9 cm³/mol. The number of ketones is 1. The molecule has 114 valence electrons. The van der Waals surface area contributed by atoms with E-state index in [9.17, 15) is 24.3 Å². The Hall–Kier alpha value is -3.48. The molecule has 0 saturated carbocycles. The molecule has 0 saturated heterocycles. The topological polar surface area (TPSA) is 118 Å². The Labute approximate surface area is 128 Å². The molecule has 0 fully saturated rings. The summed E-state index contributed by atoms with van der Waals surface area (Å²) < 4.78 is 4.71. The molecular weight excluding hydrogens is 304 g/mol. The zero-order chi connectivity index (χ0) is 16.7. The van der Waals surface area contributed by atoms with Crippen molar-refractivity contribution in [3.63, 3.8) is 0 Å². The Balaban J connectivity index is 2.33. The van der Waals surface area contributed by atoms with E-state index in [1.54, 1.807) is 0 Å². The number of ether oxygens (including phenoxy) is 1. The van der Waals surface area contributed by atoms with Crippen LogP contribution in [0.25, 0.3) is 11.1 Å². The Morgan fingerprint density at radius 2 is 1.70 bits per heavy atom. The first-order valence-electron chi connectivity index (χ1n) is 6.38. The Morgan fingerprint density at radius 3 is 2.30 bits per heavy atom. The van der Waals surface area contributed by atoms with E-state index < -0.39 is 17.7 Å². The number of carboxylic acids is 2. The van der Waals surface area contributed by atoms with Crippen molar-refractivity contribution >= 4 is 24.2 Å². The molecule has 0 atom stereocenters. The fourth-order valence-corrected chi connectivity index (χ4v) is 2.60. The summed E-state index contributed by atoms with van der Waals surface area (Å²) in [5, 5.41) is 18.4. The van der Waals surface area contributed by atoms with Gasteiger partial charge in [0.25, 0.3) is 6.47 Å². The normalized spacial score (nSPS) is 11.6. The van der Waals surface area contributed by atoms with E-state index in [0.29, 0.717) is 5.56 Å². The van der Waals surface area contributed by atoms with E-state index >= 15 is 0 Å². The molecule has 2 aromatic carbocycles. The number of hydrogen-bond donors (Lipinski definition) is 2. The second-order valence-electron chi connectivity index (χ2n) is 4.81. The van der Waals surface area contributed by atoms with Crippen molar-refractivity contribution in [1.29, 1.82) is 0 Å². The minimum absolute atomic E-state index is 0.0687. The fourth-order valence-electron chi connectivity index (χ4n) is 2.60. The number of carbonyl (C=O) groups is 4. The van der Waals surface area contributed by atoms with Crippen LogP contribution in [0, 0.1) is 0 Å². The largest absolute Gasteiger partial charge is 0.478 e. The van der Waals surface area contributed by atoms with Gasteiger partial charge in [-0.25, -0.2) is 9.59 Å². The molecule has 2 aromatic rings. The summed E-state index contributed by atoms with van der Waals surface area (Å²) in [6.07, 6.45) is 0. The molecule has 3 rings (SSSR count). The summed E-state index contributed by atoms with van der Waals surface area (Å²) in [6.45, 7) is 0.218. The van der Waals surface area contributed by atoms with Gasteiger partial charge in [0, 0.05) is 11.1 Å². The standard InChI is InChI=1S/C16H8O7/c17-6-23-8-1-2-9-10(5-8)11-3-7(15(19)20)4-12(16(21)22)13(11)14(9)18/h1-6H,(H,19,20)(H,21,22). The zero-order valence-corrected chi connectivity index (χ0v) is 11.4. The van der Waals surface area contributed by atoms with Gasteiger partial charge in [0.2, 0.25) is 0 Å². The summed E-state index contributed by atoms with van der Waals surface area (Å²) in [4.78, 5) is 45.4. The van der Waals surface area contributed by atoms with Crippen LogP contribution in [0.1, 0.15) is 36.6 Å². The quantitative estimate of drug-likeness (QED) is 0.705. The molecule has 2 N–H and O–H groups in total. The van der Waals surface area contributed by atoms with E-state index in [1.165, 1.54) is 24.3 Å². The van der Waals surface area contributed by atoms with Gasteiger partial charge in [-0.1, -0.05) is 0 Å². The van der Waals surface area contributed by atoms with Crippen LogP contribution in [0.3, 0.4) is 0 Å². The van der Waals surface area contributed by atoms with Gasteiger partial charge in [-0.05, 0) is 41.5 Å². The Kier molecular flexibility index (Phi) is 3.18. The van der Waals surface area contributed by atoms with Crippen molar-refractivity contribution in [1.82, 2.24) is 0 Å². The van der Waals surface area contributed by atoms with Crippen molar-refractivity contribution in [2.75, 3.05) is 0 Å². The van der Waals surface area contributed by atoms with Gasteiger partial charge in [0.15, 0.2) is 5.78 Å². The second kappa shape index (κ2) is 5.06. The Bertz CT molecular complexity index is 896. The van der Waals surface area contributed by atoms with Gasteiger partial charge >= 0.3 is 11.9 Å². The van der Waals surface area contributed by atoms with Crippen molar-refractivity contribution < 1.29 is 34.1 Å². The summed E-state index contributed by atoms with van der Waals surface area (Å²) in [7, 11) is 0. The molecule has 0 aromatic heterocycles. The maximum Gasteiger partial charge on any atom is 0.336 e. The second-order valence-corrected chi connectivity index (χ2v) is 4.81. The van der Waals surface area contributed by atoms with Crippen molar-refractivity contribution in [3.05, 3.63) is 52.6 Å². The lowest BCUT2D eigenvalue weighted by atomic mass is 9.97. The number of aromatic carboxylic acids is 2. The molecule has 7 nitrogen and oxygen atoms in total. The third kappa shape index (κ3) is 2.15. The van der Waals surface area contributed by atoms with Gasteiger partial charge in [-0.2, -0.15) is 0 Å². The molecule has 0 aliphatic heterocycles. The number of carbonyl (C=O) groups excluding carboxylic acids is 2. The molecule has 7 heteroatoms. The van der Waals surface area contributed by atoms with Crippen LogP contribution in [0.4, 0.5) is 0 Å². The third-order valence-electron chi connectivity index (χ3n) is 3.55. The fraction of sp³-hybridized carbons (Fsp3) is 0. The molecule has 1 aliphatic carbocycles. The average molecular weight is 312 g/mol. The average Bonchev–Trinajstić information content (AvgIpc) is 2.79. The van der Waals surface area contributed by atoms with E-state index in [-0.39, 0.29) is 40.0 Å². The lowest BCUT2D eigenvalue weighted by Gasteiger charge is -2.06. The van der Waals surface area contributed by atoms with Crippen LogP contribution in [0.5, 0.6) is 5.75 Å². The number of carboxylic acid groups (broad SMARTS) is 2. The first-order valence-corrected chi connectivity index (χ1v) is 6.38. The van der Waals surface area contributed by atoms with E-state index in [0.717, 1.165) is 6.07 Å². The highest BCUT2D eigenvalue weighted by Crippen LogP contribution is 2.40. The van der Waals surface area contributed by atoms with Crippen LogP contribution in [-0.2, 0) is 4.79 Å². The predicted octanol–water partition coefficient (Wildman–Crippen LogP) is 1.83. The number of hydrogen-bond acceptors (Lipinski definition) is 5. The summed E-state index contributed by atoms with van der Waals surface area (Å²) in [5.41, 5.74) is 0.0557. The molecule has 1 aliphatic rings. The van der Waals surface area contributed by atoms with Crippen LogP contribution >= 0.6 is 0 Å². The van der Waals surface area contributed by atoms with Crippen molar-refractivity contribution in [2.45, 2.75) is 0 Å². The SMILES string of the molecule is O=COc1ccc2c(c1)-c1cc(C(=O)O)cc(C(=O)O)c1C2=O.